The molecule has 3 N–H and O–H groups in total. The van der Waals surface area contributed by atoms with Gasteiger partial charge in [0, 0.05) is 13.6 Å². The average Bonchev–Trinajstić information content (AvgIpc) is 2.94. The predicted molar refractivity (Wildman–Crippen MR) is 53.1 cm³/mol. The fraction of sp³-hybridized carbons (Fsp3) is 0.889. The van der Waals surface area contributed by atoms with E-state index in [1.165, 1.54) is 25.7 Å². The molecule has 2 fully saturated rings. The molecule has 74 valence electrons. The van der Waals surface area contributed by atoms with E-state index >= 15 is 0 Å². The molecular weight excluding hydrogens is 164 g/mol. The minimum atomic E-state index is 0.535. The van der Waals surface area contributed by atoms with Crippen molar-refractivity contribution in [1.82, 2.24) is 10.3 Å². The lowest BCUT2D eigenvalue weighted by molar-refractivity contribution is 0.456. The van der Waals surface area contributed by atoms with Crippen molar-refractivity contribution in [3.63, 3.8) is 0 Å². The maximum absolute atomic E-state index is 5.42. The zero-order valence-electron chi connectivity index (χ0n) is 8.16. The van der Waals surface area contributed by atoms with Crippen molar-refractivity contribution in [1.29, 1.82) is 0 Å². The first-order valence-electron chi connectivity index (χ1n) is 5.05. The molecule has 0 spiro atoms. The van der Waals surface area contributed by atoms with Crippen LogP contribution in [0.2, 0.25) is 0 Å². The molecule has 2 aliphatic rings. The lowest BCUT2D eigenvalue weighted by atomic mass is 10.4. The van der Waals surface area contributed by atoms with E-state index < -0.39 is 0 Å². The van der Waals surface area contributed by atoms with E-state index in [-0.39, 0.29) is 0 Å². The highest BCUT2D eigenvalue weighted by Crippen LogP contribution is 2.29. The van der Waals surface area contributed by atoms with Gasteiger partial charge in [0.15, 0.2) is 0 Å². The van der Waals surface area contributed by atoms with Gasteiger partial charge in [0.2, 0.25) is 5.96 Å². The number of nitrogens with one attached hydrogen (secondary N) is 1. The summed E-state index contributed by atoms with van der Waals surface area (Å²) in [4.78, 5) is 6.63. The molecule has 4 nitrogen and oxygen atoms in total. The number of guanidine groups is 1. The standard InChI is InChI=1S/C9H18N4/c1-13(6-7-2-3-7)9(12-10)11-8-4-5-8/h7-8H,2-6,10H2,1H3,(H,11,12). The van der Waals surface area contributed by atoms with Gasteiger partial charge in [-0.2, -0.15) is 0 Å². The fourth-order valence-corrected chi connectivity index (χ4v) is 1.40. The van der Waals surface area contributed by atoms with Gasteiger partial charge < -0.3 is 4.90 Å². The Bertz CT molecular complexity index is 206. The first-order valence-corrected chi connectivity index (χ1v) is 5.05. The second-order valence-corrected chi connectivity index (χ2v) is 4.15. The van der Waals surface area contributed by atoms with Crippen molar-refractivity contribution in [2.24, 2.45) is 16.8 Å². The van der Waals surface area contributed by atoms with E-state index in [4.69, 9.17) is 5.84 Å². The molecule has 0 aromatic heterocycles. The highest BCUT2D eigenvalue weighted by molar-refractivity contribution is 5.79. The van der Waals surface area contributed by atoms with Gasteiger partial charge >= 0.3 is 0 Å². The van der Waals surface area contributed by atoms with Crippen LogP contribution in [0.4, 0.5) is 0 Å². The van der Waals surface area contributed by atoms with E-state index in [1.54, 1.807) is 0 Å². The summed E-state index contributed by atoms with van der Waals surface area (Å²) in [6.07, 6.45) is 5.18. The predicted octanol–water partition coefficient (Wildman–Crippen LogP) is 0.310. The van der Waals surface area contributed by atoms with Crippen LogP contribution < -0.4 is 11.3 Å². The zero-order chi connectivity index (χ0) is 9.26. The van der Waals surface area contributed by atoms with Gasteiger partial charge in [0.25, 0.3) is 0 Å². The van der Waals surface area contributed by atoms with Gasteiger partial charge in [-0.3, -0.25) is 5.43 Å². The molecule has 0 aromatic rings. The highest BCUT2D eigenvalue weighted by Gasteiger charge is 2.26. The number of hydrogen-bond donors (Lipinski definition) is 2. The van der Waals surface area contributed by atoms with E-state index in [1.807, 2.05) is 0 Å². The molecule has 0 unspecified atom stereocenters. The van der Waals surface area contributed by atoms with Gasteiger partial charge in [-0.05, 0) is 31.6 Å². The van der Waals surface area contributed by atoms with Crippen molar-refractivity contribution >= 4 is 5.96 Å². The Morgan fingerprint density at radius 2 is 2.15 bits per heavy atom. The van der Waals surface area contributed by atoms with Gasteiger partial charge in [-0.25, -0.2) is 10.8 Å². The van der Waals surface area contributed by atoms with Crippen LogP contribution in [0.3, 0.4) is 0 Å². The average molecular weight is 182 g/mol. The van der Waals surface area contributed by atoms with Gasteiger partial charge in [0.1, 0.15) is 0 Å². The van der Waals surface area contributed by atoms with Crippen LogP contribution in [0.1, 0.15) is 25.7 Å². The molecule has 0 heterocycles. The molecule has 2 aliphatic carbocycles. The number of hydrogen-bond acceptors (Lipinski definition) is 2. The van der Waals surface area contributed by atoms with Crippen LogP contribution in [0.15, 0.2) is 4.99 Å². The van der Waals surface area contributed by atoms with Crippen LogP contribution >= 0.6 is 0 Å². The molecular formula is C9H18N4. The number of rotatable bonds is 3. The van der Waals surface area contributed by atoms with Crippen LogP contribution in [-0.4, -0.2) is 30.5 Å². The Balaban J connectivity index is 1.85. The maximum Gasteiger partial charge on any atom is 0.208 e. The molecule has 0 atom stereocenters. The summed E-state index contributed by atoms with van der Waals surface area (Å²) in [7, 11) is 2.05. The summed E-state index contributed by atoms with van der Waals surface area (Å²) in [6, 6.07) is 0.535. The second kappa shape index (κ2) is 3.54. The monoisotopic (exact) mass is 182 g/mol. The maximum atomic E-state index is 5.42. The molecule has 0 amide bonds. The minimum absolute atomic E-state index is 0.535. The number of nitrogens with two attached hydrogens (primary N) is 1. The Morgan fingerprint density at radius 1 is 1.46 bits per heavy atom. The Kier molecular flexibility index (Phi) is 2.40. The van der Waals surface area contributed by atoms with Crippen LogP contribution in [0, 0.1) is 5.92 Å². The summed E-state index contributed by atoms with van der Waals surface area (Å²) >= 11 is 0. The van der Waals surface area contributed by atoms with Gasteiger partial charge in [-0.1, -0.05) is 0 Å². The van der Waals surface area contributed by atoms with E-state index in [0.717, 1.165) is 18.4 Å². The van der Waals surface area contributed by atoms with E-state index in [0.29, 0.717) is 6.04 Å². The molecule has 0 aromatic carbocycles. The van der Waals surface area contributed by atoms with E-state index in [2.05, 4.69) is 22.4 Å². The Hall–Kier alpha value is -0.770. The van der Waals surface area contributed by atoms with Crippen molar-refractivity contribution < 1.29 is 0 Å². The largest absolute Gasteiger partial charge is 0.345 e. The summed E-state index contributed by atoms with van der Waals surface area (Å²) in [5, 5.41) is 0. The molecule has 2 rings (SSSR count). The number of hydrazine groups is 1. The van der Waals surface area contributed by atoms with Crippen LogP contribution in [0.25, 0.3) is 0 Å². The normalized spacial score (nSPS) is 23.1. The summed E-state index contributed by atoms with van der Waals surface area (Å²) < 4.78 is 0. The lowest BCUT2D eigenvalue weighted by Crippen LogP contribution is -2.43. The first-order chi connectivity index (χ1) is 6.29. The number of aliphatic imine (C=N–C) groups is 1. The fourth-order valence-electron chi connectivity index (χ4n) is 1.40. The SMILES string of the molecule is CN(CC1CC1)C(=NC1CC1)NN. The third kappa shape index (κ3) is 2.59. The molecule has 4 heteroatoms. The van der Waals surface area contributed by atoms with Gasteiger partial charge in [0.05, 0.1) is 6.04 Å². The molecule has 0 bridgehead atoms. The molecule has 0 aliphatic heterocycles. The van der Waals surface area contributed by atoms with Crippen LogP contribution in [0.5, 0.6) is 0 Å². The summed E-state index contributed by atoms with van der Waals surface area (Å²) in [6.45, 7) is 1.09. The molecule has 0 radical (unpaired) electrons. The third-order valence-electron chi connectivity index (χ3n) is 2.57. The minimum Gasteiger partial charge on any atom is -0.345 e. The van der Waals surface area contributed by atoms with Crippen LogP contribution in [-0.2, 0) is 0 Å². The Labute approximate surface area is 79.2 Å². The summed E-state index contributed by atoms with van der Waals surface area (Å²) in [5.41, 5.74) is 2.68. The molecule has 0 saturated heterocycles. The van der Waals surface area contributed by atoms with Crippen molar-refractivity contribution in [3.05, 3.63) is 0 Å². The first kappa shape index (κ1) is 8.81. The number of nitrogens with zero attached hydrogens (tertiary/aromatic N) is 2. The molecule has 2 saturated carbocycles. The summed E-state index contributed by atoms with van der Waals surface area (Å²) in [5.74, 6) is 7.16. The van der Waals surface area contributed by atoms with Crippen molar-refractivity contribution in [3.8, 4) is 0 Å². The molecule has 13 heavy (non-hydrogen) atoms. The lowest BCUT2D eigenvalue weighted by Gasteiger charge is -2.20. The van der Waals surface area contributed by atoms with Crippen molar-refractivity contribution in [2.75, 3.05) is 13.6 Å². The van der Waals surface area contributed by atoms with Crippen molar-refractivity contribution in [2.45, 2.75) is 31.7 Å². The van der Waals surface area contributed by atoms with E-state index in [9.17, 15) is 0 Å². The topological polar surface area (TPSA) is 53.6 Å². The van der Waals surface area contributed by atoms with Gasteiger partial charge in [-0.15, -0.1) is 0 Å². The zero-order valence-corrected chi connectivity index (χ0v) is 8.16. The Morgan fingerprint density at radius 3 is 2.62 bits per heavy atom. The third-order valence-corrected chi connectivity index (χ3v) is 2.57. The second-order valence-electron chi connectivity index (χ2n) is 4.15. The smallest absolute Gasteiger partial charge is 0.208 e. The quantitative estimate of drug-likeness (QED) is 0.286. The highest BCUT2D eigenvalue weighted by atomic mass is 15.4.